The Balaban J connectivity index is 1.81. The van der Waals surface area contributed by atoms with Gasteiger partial charge in [-0.25, -0.2) is 5.32 Å². The summed E-state index contributed by atoms with van der Waals surface area (Å²) in [6.07, 6.45) is -0.373. The molecule has 2 aliphatic rings. The predicted octanol–water partition coefficient (Wildman–Crippen LogP) is 1.72. The van der Waals surface area contributed by atoms with E-state index in [1.165, 1.54) is 12.8 Å². The SMILES string of the molecule is FC(F)(F)N[C@H]1CCCN(C2CC2)C1. The molecule has 0 radical (unpaired) electrons. The number of likely N-dealkylation sites (tertiary alicyclic amines) is 1. The van der Waals surface area contributed by atoms with Gasteiger partial charge in [0.2, 0.25) is 0 Å². The number of piperidine rings is 1. The van der Waals surface area contributed by atoms with Crippen molar-refractivity contribution in [2.45, 2.75) is 44.1 Å². The second-order valence-corrected chi connectivity index (χ2v) is 4.21. The fraction of sp³-hybridized carbons (Fsp3) is 1.00. The van der Waals surface area contributed by atoms with E-state index in [9.17, 15) is 13.2 Å². The van der Waals surface area contributed by atoms with Crippen molar-refractivity contribution in [2.75, 3.05) is 13.1 Å². The molecule has 2 rings (SSSR count). The molecule has 2 fully saturated rings. The molecule has 0 amide bonds. The van der Waals surface area contributed by atoms with Crippen molar-refractivity contribution in [1.29, 1.82) is 0 Å². The van der Waals surface area contributed by atoms with Crippen LogP contribution in [0.3, 0.4) is 0 Å². The predicted molar refractivity (Wildman–Crippen MR) is 46.8 cm³/mol. The van der Waals surface area contributed by atoms with Crippen LogP contribution in [0.1, 0.15) is 25.7 Å². The Hall–Kier alpha value is -0.290. The average molecular weight is 208 g/mol. The Morgan fingerprint density at radius 1 is 1.14 bits per heavy atom. The molecule has 0 spiro atoms. The highest BCUT2D eigenvalue weighted by Gasteiger charge is 2.36. The van der Waals surface area contributed by atoms with Gasteiger partial charge in [0.1, 0.15) is 0 Å². The minimum absolute atomic E-state index is 0.399. The van der Waals surface area contributed by atoms with Gasteiger partial charge in [0.15, 0.2) is 0 Å². The lowest BCUT2D eigenvalue weighted by Crippen LogP contribution is -2.50. The van der Waals surface area contributed by atoms with Crippen molar-refractivity contribution in [1.82, 2.24) is 10.2 Å². The maximum Gasteiger partial charge on any atom is 0.457 e. The van der Waals surface area contributed by atoms with Crippen LogP contribution < -0.4 is 5.32 Å². The highest BCUT2D eigenvalue weighted by molar-refractivity contribution is 4.89. The van der Waals surface area contributed by atoms with E-state index in [2.05, 4.69) is 4.90 Å². The van der Waals surface area contributed by atoms with Crippen LogP contribution in [0.5, 0.6) is 0 Å². The maximum absolute atomic E-state index is 12.1. The van der Waals surface area contributed by atoms with Gasteiger partial charge in [0, 0.05) is 18.6 Å². The lowest BCUT2D eigenvalue weighted by Gasteiger charge is -2.33. The maximum atomic E-state index is 12.1. The molecule has 1 heterocycles. The number of alkyl halides is 3. The van der Waals surface area contributed by atoms with Crippen molar-refractivity contribution < 1.29 is 13.2 Å². The van der Waals surface area contributed by atoms with Crippen molar-refractivity contribution >= 4 is 0 Å². The van der Waals surface area contributed by atoms with Crippen LogP contribution in [-0.2, 0) is 0 Å². The first-order chi connectivity index (χ1) is 6.54. The Kier molecular flexibility index (Phi) is 2.70. The third kappa shape index (κ3) is 2.85. The molecule has 1 aliphatic heterocycles. The summed E-state index contributed by atoms with van der Waals surface area (Å²) in [7, 11) is 0. The Morgan fingerprint density at radius 3 is 2.43 bits per heavy atom. The van der Waals surface area contributed by atoms with Gasteiger partial charge in [-0.2, -0.15) is 13.2 Å². The second-order valence-electron chi connectivity index (χ2n) is 4.21. The van der Waals surface area contributed by atoms with Crippen LogP contribution in [0.15, 0.2) is 0 Å². The van der Waals surface area contributed by atoms with E-state index >= 15 is 0 Å². The van der Waals surface area contributed by atoms with Crippen molar-refractivity contribution in [2.24, 2.45) is 0 Å². The van der Waals surface area contributed by atoms with Crippen molar-refractivity contribution in [3.05, 3.63) is 0 Å². The highest BCUT2D eigenvalue weighted by Crippen LogP contribution is 2.29. The molecule has 82 valence electrons. The number of halogens is 3. The molecule has 1 saturated carbocycles. The highest BCUT2D eigenvalue weighted by atomic mass is 19.4. The van der Waals surface area contributed by atoms with E-state index in [-0.39, 0.29) is 0 Å². The summed E-state index contributed by atoms with van der Waals surface area (Å²) in [6, 6.07) is 0.178. The molecule has 14 heavy (non-hydrogen) atoms. The third-order valence-corrected chi connectivity index (χ3v) is 2.88. The van der Waals surface area contributed by atoms with Gasteiger partial charge in [0.25, 0.3) is 0 Å². The van der Waals surface area contributed by atoms with Gasteiger partial charge < -0.3 is 0 Å². The van der Waals surface area contributed by atoms with Gasteiger partial charge in [-0.05, 0) is 32.2 Å². The largest absolute Gasteiger partial charge is 0.457 e. The lowest BCUT2D eigenvalue weighted by molar-refractivity contribution is -0.167. The number of hydrogen-bond acceptors (Lipinski definition) is 2. The van der Waals surface area contributed by atoms with Crippen molar-refractivity contribution in [3.63, 3.8) is 0 Å². The van der Waals surface area contributed by atoms with E-state index < -0.39 is 12.3 Å². The third-order valence-electron chi connectivity index (χ3n) is 2.88. The van der Waals surface area contributed by atoms with Crippen LogP contribution >= 0.6 is 0 Å². The summed E-state index contributed by atoms with van der Waals surface area (Å²) < 4.78 is 36.2. The zero-order valence-corrected chi connectivity index (χ0v) is 7.98. The minimum Gasteiger partial charge on any atom is -0.299 e. The van der Waals surface area contributed by atoms with E-state index in [4.69, 9.17) is 0 Å². The van der Waals surface area contributed by atoms with Crippen LogP contribution in [0, 0.1) is 0 Å². The van der Waals surface area contributed by atoms with Crippen LogP contribution in [0.25, 0.3) is 0 Å². The first kappa shape index (κ1) is 10.2. The summed E-state index contributed by atoms with van der Waals surface area (Å²) in [5.41, 5.74) is 0. The van der Waals surface area contributed by atoms with E-state index in [1.54, 1.807) is 5.32 Å². The molecule has 1 aliphatic carbocycles. The Bertz CT molecular complexity index is 201. The standard InChI is InChI=1S/C9H15F3N2/c10-9(11,12)13-7-2-1-5-14(6-7)8-3-4-8/h7-8,13H,1-6H2/t7-/m0/s1. The first-order valence-electron chi connectivity index (χ1n) is 5.13. The molecular weight excluding hydrogens is 193 g/mol. The molecule has 2 nitrogen and oxygen atoms in total. The zero-order chi connectivity index (χ0) is 10.2. The molecule has 0 bridgehead atoms. The van der Waals surface area contributed by atoms with Gasteiger partial charge in [0.05, 0.1) is 0 Å². The fourth-order valence-corrected chi connectivity index (χ4v) is 2.13. The van der Waals surface area contributed by atoms with E-state index in [1.807, 2.05) is 0 Å². The molecule has 0 aromatic rings. The van der Waals surface area contributed by atoms with E-state index in [0.29, 0.717) is 19.0 Å². The summed E-state index contributed by atoms with van der Waals surface area (Å²) in [4.78, 5) is 2.19. The van der Waals surface area contributed by atoms with Gasteiger partial charge in [-0.1, -0.05) is 0 Å². The molecular formula is C9H15F3N2. The Morgan fingerprint density at radius 2 is 1.86 bits per heavy atom. The van der Waals surface area contributed by atoms with Gasteiger partial charge in [-0.3, -0.25) is 4.90 Å². The molecule has 1 N–H and O–H groups in total. The minimum atomic E-state index is -4.22. The van der Waals surface area contributed by atoms with Crippen LogP contribution in [0.4, 0.5) is 13.2 Å². The second kappa shape index (κ2) is 3.70. The monoisotopic (exact) mass is 208 g/mol. The molecule has 0 unspecified atom stereocenters. The van der Waals surface area contributed by atoms with Crippen LogP contribution in [0.2, 0.25) is 0 Å². The van der Waals surface area contributed by atoms with Crippen LogP contribution in [-0.4, -0.2) is 36.4 Å². The Labute approximate surface area is 81.5 Å². The number of nitrogens with zero attached hydrogens (tertiary/aromatic N) is 1. The molecule has 1 atom stereocenters. The summed E-state index contributed by atoms with van der Waals surface area (Å²) in [5, 5.41) is 1.73. The molecule has 5 heteroatoms. The summed E-state index contributed by atoms with van der Waals surface area (Å²) >= 11 is 0. The van der Waals surface area contributed by atoms with Gasteiger partial charge >= 0.3 is 6.30 Å². The quantitative estimate of drug-likeness (QED) is 0.695. The smallest absolute Gasteiger partial charge is 0.299 e. The van der Waals surface area contributed by atoms with Crippen molar-refractivity contribution in [3.8, 4) is 0 Å². The van der Waals surface area contributed by atoms with E-state index in [0.717, 1.165) is 13.0 Å². The van der Waals surface area contributed by atoms with Gasteiger partial charge in [-0.15, -0.1) is 0 Å². The molecule has 1 saturated heterocycles. The average Bonchev–Trinajstić information content (AvgIpc) is 2.83. The molecule has 0 aromatic heterocycles. The molecule has 0 aromatic carbocycles. The fourth-order valence-electron chi connectivity index (χ4n) is 2.13. The zero-order valence-electron chi connectivity index (χ0n) is 7.98. The first-order valence-corrected chi connectivity index (χ1v) is 5.13. The number of nitrogens with one attached hydrogen (secondary N) is 1. The topological polar surface area (TPSA) is 15.3 Å². The lowest BCUT2D eigenvalue weighted by atomic mass is 10.1. The summed E-state index contributed by atoms with van der Waals surface area (Å²) in [5.74, 6) is 0. The number of rotatable bonds is 2. The normalized spacial score (nSPS) is 30.6. The number of hydrogen-bond donors (Lipinski definition) is 1. The summed E-state index contributed by atoms with van der Waals surface area (Å²) in [6.45, 7) is 1.53.